The largest absolute Gasteiger partial charge is 0.493 e. The lowest BCUT2D eigenvalue weighted by molar-refractivity contribution is 0.205. The van der Waals surface area contributed by atoms with E-state index in [-0.39, 0.29) is 4.90 Å². The molecular weight excluding hydrogens is 388 g/mol. The van der Waals surface area contributed by atoms with Crippen molar-refractivity contribution >= 4 is 21.4 Å². The van der Waals surface area contributed by atoms with Crippen LogP contribution in [-0.4, -0.2) is 41.8 Å². The summed E-state index contributed by atoms with van der Waals surface area (Å²) in [5, 5.41) is 0. The number of hydrogen-bond donors (Lipinski definition) is 1. The smallest absolute Gasteiger partial charge is 0.261 e. The first-order valence-corrected chi connectivity index (χ1v) is 11.5. The number of ether oxygens (including phenoxy) is 2. The van der Waals surface area contributed by atoms with Gasteiger partial charge in [0.1, 0.15) is 5.75 Å². The topological polar surface area (TPSA) is 67.9 Å². The predicted octanol–water partition coefficient (Wildman–Crippen LogP) is 3.90. The Kier molecular flexibility index (Phi) is 6.70. The van der Waals surface area contributed by atoms with E-state index in [2.05, 4.69) is 9.62 Å². The first-order chi connectivity index (χ1) is 13.9. The summed E-state index contributed by atoms with van der Waals surface area (Å²) in [7, 11) is -2.01. The second kappa shape index (κ2) is 9.05. The quantitative estimate of drug-likeness (QED) is 0.704. The maximum atomic E-state index is 13.0. The third-order valence-corrected chi connectivity index (χ3v) is 6.51. The minimum atomic E-state index is -3.70. The number of fused-ring (bicyclic) bond motifs is 1. The van der Waals surface area contributed by atoms with Gasteiger partial charge in [-0.15, -0.1) is 0 Å². The van der Waals surface area contributed by atoms with E-state index < -0.39 is 10.0 Å². The average Bonchev–Trinajstić information content (AvgIpc) is 2.68. The molecule has 0 fully saturated rings. The summed E-state index contributed by atoms with van der Waals surface area (Å²) >= 11 is 0. The lowest BCUT2D eigenvalue weighted by atomic mass is 10.0. The molecule has 1 heterocycles. The first kappa shape index (κ1) is 21.5. The summed E-state index contributed by atoms with van der Waals surface area (Å²) in [4.78, 5) is 2.50. The van der Waals surface area contributed by atoms with Gasteiger partial charge in [-0.1, -0.05) is 6.07 Å². The van der Waals surface area contributed by atoms with E-state index in [1.165, 1.54) is 5.56 Å². The Morgan fingerprint density at radius 3 is 2.52 bits per heavy atom. The minimum absolute atomic E-state index is 0.241. The summed E-state index contributed by atoms with van der Waals surface area (Å²) in [6.45, 7) is 8.56. The fourth-order valence-corrected chi connectivity index (χ4v) is 5.02. The van der Waals surface area contributed by atoms with Crippen LogP contribution in [0.4, 0.5) is 11.4 Å². The molecule has 158 valence electrons. The number of nitrogens with zero attached hydrogens (tertiary/aromatic N) is 1. The zero-order valence-electron chi connectivity index (χ0n) is 17.6. The molecule has 0 radical (unpaired) electrons. The van der Waals surface area contributed by atoms with Crippen LogP contribution in [0, 0.1) is 13.8 Å². The van der Waals surface area contributed by atoms with Crippen molar-refractivity contribution in [1.29, 1.82) is 0 Å². The molecule has 2 aromatic rings. The van der Waals surface area contributed by atoms with Crippen LogP contribution in [0.2, 0.25) is 0 Å². The Balaban J connectivity index is 1.88. The molecule has 0 bridgehead atoms. The standard InChI is InChI=1S/C22H30N2O4S/c1-5-28-22-16(2)13-20(14-17(22)3)29(25,26)23-19-9-8-18-7-6-10-24(11-12-27-4)21(18)15-19/h8-9,13-15,23H,5-7,10-12H2,1-4H3. The highest BCUT2D eigenvalue weighted by molar-refractivity contribution is 7.92. The average molecular weight is 419 g/mol. The van der Waals surface area contributed by atoms with E-state index in [1.807, 2.05) is 39.0 Å². The SMILES string of the molecule is CCOc1c(C)cc(S(=O)(=O)Nc2ccc3c(c2)N(CCOC)CCC3)cc1C. The highest BCUT2D eigenvalue weighted by atomic mass is 32.2. The Labute approximate surface area is 173 Å². The Bertz CT molecular complexity index is 950. The molecule has 0 saturated carbocycles. The van der Waals surface area contributed by atoms with E-state index in [4.69, 9.17) is 9.47 Å². The predicted molar refractivity (Wildman–Crippen MR) is 117 cm³/mol. The number of aryl methyl sites for hydroxylation is 3. The van der Waals surface area contributed by atoms with Gasteiger partial charge in [-0.05, 0) is 74.6 Å². The fourth-order valence-electron chi connectivity index (χ4n) is 3.80. The molecule has 6 nitrogen and oxygen atoms in total. The van der Waals surface area contributed by atoms with Gasteiger partial charge in [-0.25, -0.2) is 8.42 Å². The van der Waals surface area contributed by atoms with Crippen molar-refractivity contribution in [3.8, 4) is 5.75 Å². The minimum Gasteiger partial charge on any atom is -0.493 e. The van der Waals surface area contributed by atoms with Crippen LogP contribution < -0.4 is 14.4 Å². The van der Waals surface area contributed by atoms with Gasteiger partial charge < -0.3 is 14.4 Å². The van der Waals surface area contributed by atoms with Gasteiger partial charge in [0.05, 0.1) is 23.8 Å². The maximum absolute atomic E-state index is 13.0. The van der Waals surface area contributed by atoms with E-state index in [0.29, 0.717) is 18.9 Å². The summed E-state index contributed by atoms with van der Waals surface area (Å²) < 4.78 is 39.6. The highest BCUT2D eigenvalue weighted by Crippen LogP contribution is 2.32. The molecule has 1 N–H and O–H groups in total. The summed E-state index contributed by atoms with van der Waals surface area (Å²) in [6, 6.07) is 9.09. The van der Waals surface area contributed by atoms with Crippen LogP contribution in [0.1, 0.15) is 30.0 Å². The lowest BCUT2D eigenvalue weighted by Crippen LogP contribution is -2.32. The number of hydrogen-bond acceptors (Lipinski definition) is 5. The molecule has 1 aliphatic heterocycles. The molecule has 7 heteroatoms. The number of benzene rings is 2. The third-order valence-electron chi connectivity index (χ3n) is 5.15. The Hall–Kier alpha value is -2.25. The lowest BCUT2D eigenvalue weighted by Gasteiger charge is -2.31. The Morgan fingerprint density at radius 2 is 1.86 bits per heavy atom. The second-order valence-corrected chi connectivity index (χ2v) is 9.03. The zero-order valence-corrected chi connectivity index (χ0v) is 18.4. The van der Waals surface area contributed by atoms with Gasteiger partial charge in [0.15, 0.2) is 0 Å². The molecule has 2 aromatic carbocycles. The van der Waals surface area contributed by atoms with Gasteiger partial charge in [-0.3, -0.25) is 4.72 Å². The van der Waals surface area contributed by atoms with Gasteiger partial charge in [-0.2, -0.15) is 0 Å². The molecule has 0 unspecified atom stereocenters. The van der Waals surface area contributed by atoms with Crippen molar-refractivity contribution < 1.29 is 17.9 Å². The number of methoxy groups -OCH3 is 1. The molecule has 0 spiro atoms. The first-order valence-electron chi connectivity index (χ1n) is 9.99. The monoisotopic (exact) mass is 418 g/mol. The number of nitrogens with one attached hydrogen (secondary N) is 1. The van der Waals surface area contributed by atoms with Crippen LogP contribution in [-0.2, 0) is 21.2 Å². The molecule has 0 amide bonds. The number of rotatable bonds is 8. The van der Waals surface area contributed by atoms with Crippen molar-refractivity contribution in [1.82, 2.24) is 0 Å². The molecule has 0 atom stereocenters. The van der Waals surface area contributed by atoms with Crippen molar-refractivity contribution in [3.63, 3.8) is 0 Å². The van der Waals surface area contributed by atoms with Crippen LogP contribution in [0.5, 0.6) is 5.75 Å². The van der Waals surface area contributed by atoms with Crippen molar-refractivity contribution in [2.75, 3.05) is 43.0 Å². The van der Waals surface area contributed by atoms with Gasteiger partial charge in [0.25, 0.3) is 10.0 Å². The van der Waals surface area contributed by atoms with Crippen molar-refractivity contribution in [2.24, 2.45) is 0 Å². The molecule has 1 aliphatic rings. The van der Waals surface area contributed by atoms with Gasteiger partial charge >= 0.3 is 0 Å². The summed E-state index contributed by atoms with van der Waals surface area (Å²) in [6.07, 6.45) is 2.09. The molecule has 0 aliphatic carbocycles. The zero-order chi connectivity index (χ0) is 21.0. The highest BCUT2D eigenvalue weighted by Gasteiger charge is 2.21. The fraction of sp³-hybridized carbons (Fsp3) is 0.455. The van der Waals surface area contributed by atoms with E-state index in [9.17, 15) is 8.42 Å². The van der Waals surface area contributed by atoms with Crippen LogP contribution in [0.15, 0.2) is 35.2 Å². The number of sulfonamides is 1. The van der Waals surface area contributed by atoms with E-state index >= 15 is 0 Å². The van der Waals surface area contributed by atoms with Crippen molar-refractivity contribution in [3.05, 3.63) is 47.0 Å². The molecule has 0 saturated heterocycles. The van der Waals surface area contributed by atoms with Crippen molar-refractivity contribution in [2.45, 2.75) is 38.5 Å². The summed E-state index contributed by atoms with van der Waals surface area (Å²) in [5.74, 6) is 0.744. The van der Waals surface area contributed by atoms with Gasteiger partial charge in [0.2, 0.25) is 0 Å². The van der Waals surface area contributed by atoms with Gasteiger partial charge in [0, 0.05) is 25.9 Å². The van der Waals surface area contributed by atoms with Crippen LogP contribution in [0.3, 0.4) is 0 Å². The number of anilines is 2. The molecule has 29 heavy (non-hydrogen) atoms. The molecule has 3 rings (SSSR count). The van der Waals surface area contributed by atoms with E-state index in [1.54, 1.807) is 19.2 Å². The maximum Gasteiger partial charge on any atom is 0.261 e. The van der Waals surface area contributed by atoms with E-state index in [0.717, 1.165) is 48.5 Å². The van der Waals surface area contributed by atoms with Crippen LogP contribution in [0.25, 0.3) is 0 Å². The Morgan fingerprint density at radius 1 is 1.14 bits per heavy atom. The molecule has 0 aromatic heterocycles. The second-order valence-electron chi connectivity index (χ2n) is 7.35. The third kappa shape index (κ3) is 4.85. The molecular formula is C22H30N2O4S. The summed E-state index contributed by atoms with van der Waals surface area (Å²) in [5.41, 5.74) is 4.50. The normalized spacial score (nSPS) is 13.9. The van der Waals surface area contributed by atoms with Crippen LogP contribution >= 0.6 is 0 Å².